The van der Waals surface area contributed by atoms with E-state index in [0.717, 1.165) is 30.2 Å². The summed E-state index contributed by atoms with van der Waals surface area (Å²) >= 11 is 7.33. The Balaban J connectivity index is 2.65. The Morgan fingerprint density at radius 3 is 2.40 bits per heavy atom. The van der Waals surface area contributed by atoms with Crippen molar-refractivity contribution in [3.8, 4) is 0 Å². The first-order valence-corrected chi connectivity index (χ1v) is 5.30. The Bertz CT molecular complexity index is 53.6. The molecular weight excluding hydrogens is 171 g/mol. The summed E-state index contributed by atoms with van der Waals surface area (Å²) in [6.07, 6.45) is 2.79. The molecule has 62 valence electrons. The van der Waals surface area contributed by atoms with Gasteiger partial charge in [0.15, 0.2) is 0 Å². The molecule has 0 unspecified atom stereocenters. The number of unbranched alkanes of at least 4 members (excludes halogenated alkanes) is 1. The summed E-state index contributed by atoms with van der Waals surface area (Å²) in [6.45, 7) is -0.171. The van der Waals surface area contributed by atoms with Crippen molar-refractivity contribution in [1.29, 1.82) is 0 Å². The van der Waals surface area contributed by atoms with E-state index in [1.54, 1.807) is 0 Å². The third-order valence-electron chi connectivity index (χ3n) is 1.09. The van der Waals surface area contributed by atoms with Gasteiger partial charge in [-0.05, 0) is 30.8 Å². The van der Waals surface area contributed by atoms with Crippen molar-refractivity contribution in [2.75, 3.05) is 24.1 Å². The molecule has 0 amide bonds. The average molecular weight is 185 g/mol. The largest absolute Gasteiger partial charge is 0.251 e. The van der Waals surface area contributed by atoms with Crippen LogP contribution < -0.4 is 0 Å². The van der Waals surface area contributed by atoms with Crippen LogP contribution in [-0.2, 0) is 0 Å². The van der Waals surface area contributed by atoms with E-state index in [1.807, 2.05) is 11.8 Å². The molecule has 0 rings (SSSR count). The van der Waals surface area contributed by atoms with Crippen molar-refractivity contribution in [2.24, 2.45) is 0 Å². The molecular formula is C7H14ClFS. The molecule has 0 N–H and O–H groups in total. The molecule has 0 heterocycles. The highest BCUT2D eigenvalue weighted by molar-refractivity contribution is 7.99. The second-order valence-electron chi connectivity index (χ2n) is 2.05. The minimum absolute atomic E-state index is 0.171. The molecule has 0 saturated heterocycles. The van der Waals surface area contributed by atoms with Crippen molar-refractivity contribution in [1.82, 2.24) is 0 Å². The Morgan fingerprint density at radius 1 is 1.10 bits per heavy atom. The van der Waals surface area contributed by atoms with Gasteiger partial charge in [0.2, 0.25) is 0 Å². The normalized spacial score (nSPS) is 10.2. The zero-order chi connectivity index (χ0) is 7.66. The van der Waals surface area contributed by atoms with Crippen molar-refractivity contribution < 1.29 is 4.39 Å². The van der Waals surface area contributed by atoms with Crippen LogP contribution in [0.3, 0.4) is 0 Å². The summed E-state index contributed by atoms with van der Waals surface area (Å²) in [4.78, 5) is 0. The first-order valence-electron chi connectivity index (χ1n) is 3.61. The fourth-order valence-electron chi connectivity index (χ4n) is 0.557. The number of alkyl halides is 2. The highest BCUT2D eigenvalue weighted by Crippen LogP contribution is 2.06. The van der Waals surface area contributed by atoms with Crippen LogP contribution in [0, 0.1) is 0 Å². The maximum atomic E-state index is 11.5. The van der Waals surface area contributed by atoms with Crippen LogP contribution >= 0.6 is 23.4 Å². The number of halogens is 2. The van der Waals surface area contributed by atoms with E-state index in [9.17, 15) is 4.39 Å². The lowest BCUT2D eigenvalue weighted by Gasteiger charge is -1.96. The lowest BCUT2D eigenvalue weighted by molar-refractivity contribution is 0.470. The summed E-state index contributed by atoms with van der Waals surface area (Å²) in [5, 5.41) is 0. The molecule has 3 heteroatoms. The predicted octanol–water partition coefficient (Wildman–Crippen LogP) is 3.10. The molecule has 0 aromatic rings. The van der Waals surface area contributed by atoms with Gasteiger partial charge in [-0.1, -0.05) is 0 Å². The van der Waals surface area contributed by atoms with Crippen LogP contribution in [0.4, 0.5) is 4.39 Å². The topological polar surface area (TPSA) is 0 Å². The molecule has 10 heavy (non-hydrogen) atoms. The predicted molar refractivity (Wildman–Crippen MR) is 47.9 cm³/mol. The molecule has 0 radical (unpaired) electrons. The van der Waals surface area contributed by atoms with Gasteiger partial charge in [0.1, 0.15) is 0 Å². The molecule has 0 aliphatic carbocycles. The first-order chi connectivity index (χ1) is 4.91. The summed E-state index contributed by atoms with van der Waals surface area (Å²) in [6, 6.07) is 0. The maximum absolute atomic E-state index is 11.5. The molecule has 0 aliphatic heterocycles. The Kier molecular flexibility index (Phi) is 10.1. The summed E-state index contributed by atoms with van der Waals surface area (Å²) in [7, 11) is 0. The smallest absolute Gasteiger partial charge is 0.0894 e. The number of thioether (sulfide) groups is 1. The van der Waals surface area contributed by atoms with E-state index in [0.29, 0.717) is 6.42 Å². The lowest BCUT2D eigenvalue weighted by atomic mass is 10.4. The fourth-order valence-corrected chi connectivity index (χ4v) is 1.81. The number of rotatable bonds is 7. The van der Waals surface area contributed by atoms with E-state index in [-0.39, 0.29) is 6.67 Å². The zero-order valence-corrected chi connectivity index (χ0v) is 7.69. The van der Waals surface area contributed by atoms with Gasteiger partial charge in [-0.2, -0.15) is 11.8 Å². The van der Waals surface area contributed by atoms with Gasteiger partial charge in [0.25, 0.3) is 0 Å². The Labute approximate surface area is 71.5 Å². The molecule has 0 spiro atoms. The van der Waals surface area contributed by atoms with E-state index in [1.165, 1.54) is 0 Å². The summed E-state index contributed by atoms with van der Waals surface area (Å²) < 4.78 is 11.5. The summed E-state index contributed by atoms with van der Waals surface area (Å²) in [5.74, 6) is 2.95. The van der Waals surface area contributed by atoms with E-state index in [4.69, 9.17) is 11.6 Å². The van der Waals surface area contributed by atoms with Crippen LogP contribution in [0.25, 0.3) is 0 Å². The minimum Gasteiger partial charge on any atom is -0.251 e. The molecule has 0 bridgehead atoms. The molecule has 0 atom stereocenters. The lowest BCUT2D eigenvalue weighted by Crippen LogP contribution is -1.85. The number of hydrogen-bond donors (Lipinski definition) is 0. The molecule has 0 aromatic carbocycles. The molecule has 0 aromatic heterocycles. The van der Waals surface area contributed by atoms with Crippen LogP contribution in [-0.4, -0.2) is 24.1 Å². The third-order valence-corrected chi connectivity index (χ3v) is 2.52. The van der Waals surface area contributed by atoms with Gasteiger partial charge in [0, 0.05) is 5.88 Å². The average Bonchev–Trinajstić information content (AvgIpc) is 1.97. The van der Waals surface area contributed by atoms with Gasteiger partial charge >= 0.3 is 0 Å². The second-order valence-corrected chi connectivity index (χ2v) is 3.65. The second kappa shape index (κ2) is 9.57. The van der Waals surface area contributed by atoms with Crippen molar-refractivity contribution in [3.05, 3.63) is 0 Å². The third kappa shape index (κ3) is 8.57. The van der Waals surface area contributed by atoms with Gasteiger partial charge in [0.05, 0.1) is 6.67 Å². The SMILES string of the molecule is FCCCCSCCCCl. The monoisotopic (exact) mass is 184 g/mol. The highest BCUT2D eigenvalue weighted by Gasteiger charge is 1.89. The van der Waals surface area contributed by atoms with Gasteiger partial charge in [-0.3, -0.25) is 4.39 Å². The van der Waals surface area contributed by atoms with Crippen molar-refractivity contribution in [3.63, 3.8) is 0 Å². The van der Waals surface area contributed by atoms with E-state index >= 15 is 0 Å². The van der Waals surface area contributed by atoms with Crippen molar-refractivity contribution in [2.45, 2.75) is 19.3 Å². The van der Waals surface area contributed by atoms with Gasteiger partial charge < -0.3 is 0 Å². The van der Waals surface area contributed by atoms with Crippen LogP contribution in [0.15, 0.2) is 0 Å². The molecule has 0 nitrogen and oxygen atoms in total. The zero-order valence-electron chi connectivity index (χ0n) is 6.11. The van der Waals surface area contributed by atoms with E-state index < -0.39 is 0 Å². The summed E-state index contributed by atoms with van der Waals surface area (Å²) in [5.41, 5.74) is 0. The highest BCUT2D eigenvalue weighted by atomic mass is 35.5. The first kappa shape index (κ1) is 10.6. The van der Waals surface area contributed by atoms with Crippen molar-refractivity contribution >= 4 is 23.4 Å². The number of hydrogen-bond acceptors (Lipinski definition) is 1. The standard InChI is InChI=1S/C7H14ClFS/c8-4-3-7-10-6-2-1-5-9/h1-7H2. The quantitative estimate of drug-likeness (QED) is 0.433. The molecule has 0 aliphatic rings. The van der Waals surface area contributed by atoms with Crippen LogP contribution in [0.2, 0.25) is 0 Å². The van der Waals surface area contributed by atoms with Gasteiger partial charge in [-0.25, -0.2) is 0 Å². The van der Waals surface area contributed by atoms with Crippen LogP contribution in [0.5, 0.6) is 0 Å². The fraction of sp³-hybridized carbons (Fsp3) is 1.00. The Hall–Kier alpha value is 0.570. The Morgan fingerprint density at radius 2 is 1.80 bits per heavy atom. The van der Waals surface area contributed by atoms with Gasteiger partial charge in [-0.15, -0.1) is 11.6 Å². The molecule has 0 fully saturated rings. The maximum Gasteiger partial charge on any atom is 0.0894 e. The van der Waals surface area contributed by atoms with Crippen LogP contribution in [0.1, 0.15) is 19.3 Å². The van der Waals surface area contributed by atoms with E-state index in [2.05, 4.69) is 0 Å². The minimum atomic E-state index is -0.171. The molecule has 0 saturated carbocycles.